The molecule has 3 amide bonds. The zero-order valence-electron chi connectivity index (χ0n) is 12.3. The van der Waals surface area contributed by atoms with E-state index in [1.807, 2.05) is 0 Å². The molecule has 3 N–H and O–H groups in total. The van der Waals surface area contributed by atoms with Crippen molar-refractivity contribution in [2.75, 3.05) is 24.7 Å². The third-order valence-corrected chi connectivity index (χ3v) is 3.17. The van der Waals surface area contributed by atoms with E-state index < -0.39 is 16.0 Å². The molecule has 6 nitrogen and oxygen atoms in total. The number of nitrogens with zero attached hydrogens (tertiary/aromatic N) is 1. The third-order valence-electron chi connectivity index (χ3n) is 2.52. The fraction of sp³-hybridized carbons (Fsp3) is 0.385. The summed E-state index contributed by atoms with van der Waals surface area (Å²) in [5.74, 6) is -0.168. The van der Waals surface area contributed by atoms with Crippen LogP contribution in [0.5, 0.6) is 0 Å². The van der Waals surface area contributed by atoms with Crippen LogP contribution in [0.15, 0.2) is 24.3 Å². The van der Waals surface area contributed by atoms with Crippen LogP contribution < -0.4 is 16.0 Å². The van der Waals surface area contributed by atoms with Crippen LogP contribution in [0.1, 0.15) is 6.92 Å². The monoisotopic (exact) mass is 366 g/mol. The molecule has 0 bridgehead atoms. The summed E-state index contributed by atoms with van der Waals surface area (Å²) in [5.41, 5.74) is 1.25. The van der Waals surface area contributed by atoms with Crippen molar-refractivity contribution in [2.45, 2.75) is 16.9 Å². The van der Waals surface area contributed by atoms with Gasteiger partial charge in [0.05, 0.1) is 0 Å². The number of hydrogen-bond donors (Lipinski definition) is 3. The fourth-order valence-corrected chi connectivity index (χ4v) is 1.80. The van der Waals surface area contributed by atoms with Crippen molar-refractivity contribution in [2.24, 2.45) is 0 Å². The van der Waals surface area contributed by atoms with Gasteiger partial charge in [0, 0.05) is 32.4 Å². The minimum absolute atomic E-state index is 0.168. The normalized spacial score (nSPS) is 12.3. The zero-order chi connectivity index (χ0) is 16.9. The Bertz CT molecular complexity index is 529. The van der Waals surface area contributed by atoms with E-state index in [1.165, 1.54) is 11.8 Å². The number of hydrogen-bond acceptors (Lipinski definition) is 3. The summed E-state index contributed by atoms with van der Waals surface area (Å²) >= 11 is 17.6. The predicted octanol–water partition coefficient (Wildman–Crippen LogP) is 3.02. The molecule has 1 aromatic carbocycles. The lowest BCUT2D eigenvalue weighted by Crippen LogP contribution is -2.52. The van der Waals surface area contributed by atoms with Gasteiger partial charge >= 0.3 is 6.03 Å². The van der Waals surface area contributed by atoms with Crippen LogP contribution in [0.2, 0.25) is 0 Å². The number of nitrogens with one attached hydrogen (secondary N) is 3. The van der Waals surface area contributed by atoms with Crippen LogP contribution >= 0.6 is 34.8 Å². The molecule has 0 radical (unpaired) electrons. The molecule has 0 aromatic heterocycles. The second-order valence-electron chi connectivity index (χ2n) is 4.72. The summed E-state index contributed by atoms with van der Waals surface area (Å²) in [6.07, 6.45) is -0.931. The van der Waals surface area contributed by atoms with Gasteiger partial charge in [0.1, 0.15) is 6.17 Å². The van der Waals surface area contributed by atoms with Gasteiger partial charge in [0.25, 0.3) is 0 Å². The van der Waals surface area contributed by atoms with E-state index >= 15 is 0 Å². The number of carbonyl (C=O) groups excluding carboxylic acids is 2. The number of alkyl halides is 3. The number of amides is 3. The van der Waals surface area contributed by atoms with Crippen molar-refractivity contribution >= 4 is 58.1 Å². The summed E-state index contributed by atoms with van der Waals surface area (Å²) in [6, 6.07) is 6.35. The van der Waals surface area contributed by atoms with Gasteiger partial charge in [-0.2, -0.15) is 0 Å². The second kappa shape index (κ2) is 7.76. The summed E-state index contributed by atoms with van der Waals surface area (Å²) < 4.78 is -1.75. The average Bonchev–Trinajstić information content (AvgIpc) is 2.38. The SMILES string of the molecule is CC(=O)Nc1ccc(NC(NC(=O)N(C)C)C(Cl)(Cl)Cl)cc1. The summed E-state index contributed by atoms with van der Waals surface area (Å²) in [6.45, 7) is 1.42. The summed E-state index contributed by atoms with van der Waals surface area (Å²) in [5, 5.41) is 8.12. The van der Waals surface area contributed by atoms with Gasteiger partial charge in [-0.15, -0.1) is 0 Å². The van der Waals surface area contributed by atoms with E-state index in [0.717, 1.165) is 0 Å². The Kier molecular flexibility index (Phi) is 6.59. The van der Waals surface area contributed by atoms with Gasteiger partial charge in [-0.25, -0.2) is 4.79 Å². The Balaban J connectivity index is 2.81. The van der Waals surface area contributed by atoms with E-state index in [1.54, 1.807) is 38.4 Å². The largest absolute Gasteiger partial charge is 0.362 e. The Morgan fingerprint density at radius 3 is 2.00 bits per heavy atom. The quantitative estimate of drug-likeness (QED) is 0.566. The number of carbonyl (C=O) groups is 2. The smallest absolute Gasteiger partial charge is 0.318 e. The van der Waals surface area contributed by atoms with Crippen molar-refractivity contribution in [3.05, 3.63) is 24.3 Å². The van der Waals surface area contributed by atoms with E-state index in [2.05, 4.69) is 16.0 Å². The lowest BCUT2D eigenvalue weighted by molar-refractivity contribution is -0.114. The first-order valence-electron chi connectivity index (χ1n) is 6.28. The van der Waals surface area contributed by atoms with Crippen LogP contribution in [-0.2, 0) is 4.79 Å². The van der Waals surface area contributed by atoms with Gasteiger partial charge in [-0.1, -0.05) is 34.8 Å². The van der Waals surface area contributed by atoms with Crippen molar-refractivity contribution in [1.29, 1.82) is 0 Å². The standard InChI is InChI=1S/C13H17Cl3N4O2/c1-8(21)17-9-4-6-10(7-5-9)18-11(13(14,15)16)19-12(22)20(2)3/h4-7,11,18H,1-3H3,(H,17,21)(H,19,22). The van der Waals surface area contributed by atoms with Crippen LogP contribution in [0.4, 0.5) is 16.2 Å². The van der Waals surface area contributed by atoms with Crippen molar-refractivity contribution in [3.63, 3.8) is 0 Å². The van der Waals surface area contributed by atoms with Crippen molar-refractivity contribution < 1.29 is 9.59 Å². The number of anilines is 2. The molecule has 1 unspecified atom stereocenters. The molecule has 122 valence electrons. The Labute approximate surface area is 144 Å². The van der Waals surface area contributed by atoms with Gasteiger partial charge in [-0.05, 0) is 24.3 Å². The zero-order valence-corrected chi connectivity index (χ0v) is 14.6. The molecular formula is C13H17Cl3N4O2. The summed E-state index contributed by atoms with van der Waals surface area (Å²) in [4.78, 5) is 24.0. The molecule has 0 heterocycles. The molecular weight excluding hydrogens is 351 g/mol. The van der Waals surface area contributed by atoms with E-state index in [0.29, 0.717) is 11.4 Å². The number of benzene rings is 1. The number of rotatable bonds is 4. The highest BCUT2D eigenvalue weighted by atomic mass is 35.6. The minimum Gasteiger partial charge on any atom is -0.362 e. The molecule has 0 aliphatic rings. The van der Waals surface area contributed by atoms with E-state index in [-0.39, 0.29) is 5.91 Å². The highest BCUT2D eigenvalue weighted by Gasteiger charge is 2.34. The maximum atomic E-state index is 11.7. The average molecular weight is 368 g/mol. The minimum atomic E-state index is -1.75. The molecule has 22 heavy (non-hydrogen) atoms. The predicted molar refractivity (Wildman–Crippen MR) is 90.7 cm³/mol. The van der Waals surface area contributed by atoms with Crippen molar-refractivity contribution in [3.8, 4) is 0 Å². The lowest BCUT2D eigenvalue weighted by Gasteiger charge is -2.28. The van der Waals surface area contributed by atoms with E-state index in [4.69, 9.17) is 34.8 Å². The van der Waals surface area contributed by atoms with Crippen LogP contribution in [-0.4, -0.2) is 40.9 Å². The highest BCUT2D eigenvalue weighted by molar-refractivity contribution is 6.68. The van der Waals surface area contributed by atoms with E-state index in [9.17, 15) is 9.59 Å². The molecule has 0 spiro atoms. The van der Waals surface area contributed by atoms with Crippen molar-refractivity contribution in [1.82, 2.24) is 10.2 Å². The maximum Gasteiger partial charge on any atom is 0.318 e. The first-order chi connectivity index (χ1) is 10.1. The van der Waals surface area contributed by atoms with Gasteiger partial charge < -0.3 is 20.9 Å². The molecule has 1 aromatic rings. The summed E-state index contributed by atoms with van der Waals surface area (Å²) in [7, 11) is 3.15. The lowest BCUT2D eigenvalue weighted by atomic mass is 10.2. The topological polar surface area (TPSA) is 73.5 Å². The molecule has 0 aliphatic heterocycles. The molecule has 0 saturated heterocycles. The van der Waals surface area contributed by atoms with Gasteiger partial charge in [0.2, 0.25) is 9.70 Å². The Morgan fingerprint density at radius 2 is 1.59 bits per heavy atom. The Hall–Kier alpha value is -1.37. The van der Waals surface area contributed by atoms with Crippen LogP contribution in [0.3, 0.4) is 0 Å². The number of urea groups is 1. The highest BCUT2D eigenvalue weighted by Crippen LogP contribution is 2.31. The Morgan fingerprint density at radius 1 is 1.09 bits per heavy atom. The first kappa shape index (κ1) is 18.7. The molecule has 0 saturated carbocycles. The molecule has 9 heteroatoms. The van der Waals surface area contributed by atoms with Crippen LogP contribution in [0, 0.1) is 0 Å². The molecule has 1 rings (SSSR count). The first-order valence-corrected chi connectivity index (χ1v) is 7.41. The molecule has 0 fully saturated rings. The van der Waals surface area contributed by atoms with Gasteiger partial charge in [-0.3, -0.25) is 4.79 Å². The van der Waals surface area contributed by atoms with Gasteiger partial charge in [0.15, 0.2) is 0 Å². The maximum absolute atomic E-state index is 11.7. The van der Waals surface area contributed by atoms with Crippen LogP contribution in [0.25, 0.3) is 0 Å². The molecule has 1 atom stereocenters. The number of halogens is 3. The fourth-order valence-electron chi connectivity index (χ4n) is 1.47. The second-order valence-corrected chi connectivity index (χ2v) is 7.09. The molecule has 0 aliphatic carbocycles. The third kappa shape index (κ3) is 6.17.